The minimum Gasteiger partial charge on any atom is -0.525 e. The SMILES string of the molecule is CC(=O)O[SiH2]C(C)(C)C.c1ccc(-c2ccccc2)cc1. The Morgan fingerprint density at radius 1 is 0.857 bits per heavy atom. The first-order valence-corrected chi connectivity index (χ1v) is 8.41. The van der Waals surface area contributed by atoms with Crippen LogP contribution in [-0.2, 0) is 9.22 Å². The van der Waals surface area contributed by atoms with Crippen LogP contribution in [0.3, 0.4) is 0 Å². The van der Waals surface area contributed by atoms with Crippen molar-refractivity contribution in [3.63, 3.8) is 0 Å². The molecule has 2 nitrogen and oxygen atoms in total. The van der Waals surface area contributed by atoms with E-state index < -0.39 is 9.76 Å². The Morgan fingerprint density at radius 2 is 1.24 bits per heavy atom. The van der Waals surface area contributed by atoms with E-state index in [1.54, 1.807) is 0 Å². The molecule has 21 heavy (non-hydrogen) atoms. The maximum Gasteiger partial charge on any atom is 0.288 e. The molecule has 0 saturated heterocycles. The van der Waals surface area contributed by atoms with Gasteiger partial charge in [-0.05, 0) is 16.2 Å². The van der Waals surface area contributed by atoms with E-state index in [1.165, 1.54) is 18.1 Å². The molecule has 0 bridgehead atoms. The second kappa shape index (κ2) is 8.42. The standard InChI is InChI=1S/C12H10.C6H14O2Si/c1-3-7-11(8-4-1)12-9-5-2-6-10-12;1-5(7)8-9-6(2,3)4/h1-10H;9H2,1-4H3. The molecule has 0 aliphatic heterocycles. The molecule has 0 fully saturated rings. The van der Waals surface area contributed by atoms with E-state index in [1.807, 2.05) is 12.1 Å². The fourth-order valence-electron chi connectivity index (χ4n) is 1.58. The predicted octanol–water partition coefficient (Wildman–Crippen LogP) is 4.21. The van der Waals surface area contributed by atoms with Crippen molar-refractivity contribution in [2.45, 2.75) is 32.7 Å². The Kier molecular flexibility index (Phi) is 6.89. The van der Waals surface area contributed by atoms with Crippen molar-refractivity contribution in [2.24, 2.45) is 0 Å². The molecule has 0 atom stereocenters. The number of benzene rings is 2. The van der Waals surface area contributed by atoms with Gasteiger partial charge in [0.15, 0.2) is 0 Å². The van der Waals surface area contributed by atoms with E-state index >= 15 is 0 Å². The van der Waals surface area contributed by atoms with Gasteiger partial charge in [0.2, 0.25) is 9.76 Å². The summed E-state index contributed by atoms with van der Waals surface area (Å²) in [6, 6.07) is 20.8. The molecule has 0 saturated carbocycles. The van der Waals surface area contributed by atoms with E-state index in [4.69, 9.17) is 4.43 Å². The molecule has 0 aromatic heterocycles. The van der Waals surface area contributed by atoms with Crippen molar-refractivity contribution in [1.82, 2.24) is 0 Å². The third kappa shape index (κ3) is 8.10. The van der Waals surface area contributed by atoms with Crippen LogP contribution in [0.15, 0.2) is 60.7 Å². The van der Waals surface area contributed by atoms with E-state index in [0.717, 1.165) is 0 Å². The van der Waals surface area contributed by atoms with Gasteiger partial charge in [-0.3, -0.25) is 4.79 Å². The molecule has 0 N–H and O–H groups in total. The van der Waals surface area contributed by atoms with Gasteiger partial charge in [-0.15, -0.1) is 0 Å². The third-order valence-electron chi connectivity index (χ3n) is 2.59. The number of rotatable bonds is 2. The Bertz CT molecular complexity index is 493. The highest BCUT2D eigenvalue weighted by Gasteiger charge is 2.12. The zero-order chi connectivity index (χ0) is 15.7. The largest absolute Gasteiger partial charge is 0.525 e. The van der Waals surface area contributed by atoms with Crippen molar-refractivity contribution >= 4 is 15.7 Å². The van der Waals surface area contributed by atoms with Gasteiger partial charge in [0.25, 0.3) is 5.97 Å². The van der Waals surface area contributed by atoms with E-state index in [-0.39, 0.29) is 11.0 Å². The summed E-state index contributed by atoms with van der Waals surface area (Å²) in [4.78, 5) is 10.3. The number of hydrogen-bond acceptors (Lipinski definition) is 2. The minimum atomic E-state index is -0.647. The summed E-state index contributed by atoms with van der Waals surface area (Å²) in [5.41, 5.74) is 2.55. The monoisotopic (exact) mass is 300 g/mol. The normalized spacial score (nSPS) is 10.9. The first-order chi connectivity index (χ1) is 9.88. The first kappa shape index (κ1) is 17.2. The minimum absolute atomic E-state index is 0.142. The maximum atomic E-state index is 10.3. The maximum absolute atomic E-state index is 10.3. The molecule has 0 aliphatic carbocycles. The lowest BCUT2D eigenvalue weighted by atomic mass is 10.1. The molecule has 0 spiro atoms. The van der Waals surface area contributed by atoms with Crippen molar-refractivity contribution < 1.29 is 9.22 Å². The fraction of sp³-hybridized carbons (Fsp3) is 0.278. The van der Waals surface area contributed by atoms with Crippen molar-refractivity contribution in [2.75, 3.05) is 0 Å². The average molecular weight is 300 g/mol. The molecule has 0 amide bonds. The Balaban J connectivity index is 0.000000222. The van der Waals surface area contributed by atoms with Crippen LogP contribution in [0.25, 0.3) is 11.1 Å². The summed E-state index contributed by atoms with van der Waals surface area (Å²) in [7, 11) is -0.647. The summed E-state index contributed by atoms with van der Waals surface area (Å²) >= 11 is 0. The van der Waals surface area contributed by atoms with Crippen LogP contribution >= 0.6 is 0 Å². The average Bonchev–Trinajstić information content (AvgIpc) is 2.47. The summed E-state index contributed by atoms with van der Waals surface area (Å²) in [6.07, 6.45) is 0. The summed E-state index contributed by atoms with van der Waals surface area (Å²) in [5, 5.41) is 0.228. The lowest BCUT2D eigenvalue weighted by Gasteiger charge is -2.15. The van der Waals surface area contributed by atoms with Crippen LogP contribution in [0.4, 0.5) is 0 Å². The lowest BCUT2D eigenvalue weighted by Crippen LogP contribution is -2.14. The number of hydrogen-bond donors (Lipinski definition) is 0. The molecular formula is C18H24O2Si. The Morgan fingerprint density at radius 3 is 1.48 bits per heavy atom. The molecule has 2 rings (SSSR count). The molecule has 0 unspecified atom stereocenters. The van der Waals surface area contributed by atoms with Crippen LogP contribution in [0.2, 0.25) is 5.04 Å². The molecule has 112 valence electrons. The quantitative estimate of drug-likeness (QED) is 0.777. The fourth-order valence-corrected chi connectivity index (χ4v) is 2.22. The first-order valence-electron chi connectivity index (χ1n) is 7.12. The summed E-state index contributed by atoms with van der Waals surface area (Å²) in [5.74, 6) is -0.142. The predicted molar refractivity (Wildman–Crippen MR) is 91.9 cm³/mol. The highest BCUT2D eigenvalue weighted by Crippen LogP contribution is 2.19. The van der Waals surface area contributed by atoms with Gasteiger partial charge in [0, 0.05) is 6.92 Å². The molecule has 3 heteroatoms. The van der Waals surface area contributed by atoms with E-state index in [0.29, 0.717) is 0 Å². The third-order valence-corrected chi connectivity index (χ3v) is 4.01. The van der Waals surface area contributed by atoms with E-state index in [2.05, 4.69) is 69.3 Å². The van der Waals surface area contributed by atoms with Gasteiger partial charge < -0.3 is 4.43 Å². The smallest absolute Gasteiger partial charge is 0.288 e. The lowest BCUT2D eigenvalue weighted by molar-refractivity contribution is -0.132. The molecule has 2 aromatic carbocycles. The molecule has 0 aliphatic rings. The Labute approximate surface area is 130 Å². The highest BCUT2D eigenvalue weighted by molar-refractivity contribution is 6.34. The van der Waals surface area contributed by atoms with Crippen LogP contribution < -0.4 is 0 Å². The van der Waals surface area contributed by atoms with Crippen molar-refractivity contribution in [3.8, 4) is 11.1 Å². The molecule has 0 radical (unpaired) electrons. The topological polar surface area (TPSA) is 26.3 Å². The number of carbonyl (C=O) groups excluding carboxylic acids is 1. The van der Waals surface area contributed by atoms with Crippen molar-refractivity contribution in [1.29, 1.82) is 0 Å². The van der Waals surface area contributed by atoms with Crippen molar-refractivity contribution in [3.05, 3.63) is 60.7 Å². The second-order valence-electron chi connectivity index (χ2n) is 6.07. The van der Waals surface area contributed by atoms with Crippen LogP contribution in [0.5, 0.6) is 0 Å². The second-order valence-corrected chi connectivity index (χ2v) is 8.77. The summed E-state index contributed by atoms with van der Waals surface area (Å²) in [6.45, 7) is 7.71. The molecule has 2 aromatic rings. The zero-order valence-electron chi connectivity index (χ0n) is 13.3. The van der Waals surface area contributed by atoms with Gasteiger partial charge in [-0.1, -0.05) is 81.4 Å². The van der Waals surface area contributed by atoms with Crippen LogP contribution in [-0.4, -0.2) is 15.7 Å². The van der Waals surface area contributed by atoms with Crippen LogP contribution in [0.1, 0.15) is 27.7 Å². The van der Waals surface area contributed by atoms with Gasteiger partial charge in [0.05, 0.1) is 0 Å². The number of carbonyl (C=O) groups is 1. The van der Waals surface area contributed by atoms with Crippen LogP contribution in [0, 0.1) is 0 Å². The van der Waals surface area contributed by atoms with Gasteiger partial charge in [-0.2, -0.15) is 0 Å². The molecule has 0 heterocycles. The van der Waals surface area contributed by atoms with Gasteiger partial charge in [0.1, 0.15) is 0 Å². The Hall–Kier alpha value is -1.87. The van der Waals surface area contributed by atoms with Gasteiger partial charge in [-0.25, -0.2) is 0 Å². The zero-order valence-corrected chi connectivity index (χ0v) is 14.7. The highest BCUT2D eigenvalue weighted by atomic mass is 28.2. The van der Waals surface area contributed by atoms with E-state index in [9.17, 15) is 4.79 Å². The summed E-state index contributed by atoms with van der Waals surface area (Å²) < 4.78 is 4.91. The molecular weight excluding hydrogens is 276 g/mol. The van der Waals surface area contributed by atoms with Gasteiger partial charge >= 0.3 is 0 Å².